The van der Waals surface area contributed by atoms with E-state index in [0.717, 1.165) is 0 Å². The van der Waals surface area contributed by atoms with Gasteiger partial charge in [0.2, 0.25) is 5.91 Å². The molecule has 0 unspecified atom stereocenters. The lowest BCUT2D eigenvalue weighted by atomic mass is 9.82. The average Bonchev–Trinajstić information content (AvgIpc) is 2.71. The standard InChI is InChI=1S/C21H18Cl2N2O4/c22-15-9-5-11-17(18(15)23)25-20(27)14-8-3-4-10-16(14)24-19(26)12-6-1-2-7-13(12)21(28)29/h1-5,8-13H,6-7H2,(H,24,26)(H,25,27)(H,28,29)/p-1/t12-,13+/m0/s1. The lowest BCUT2D eigenvalue weighted by Crippen LogP contribution is -2.41. The number of halogens is 2. The van der Waals surface area contributed by atoms with Gasteiger partial charge in [-0.3, -0.25) is 9.59 Å². The molecule has 1 aliphatic carbocycles. The summed E-state index contributed by atoms with van der Waals surface area (Å²) in [6.07, 6.45) is 4.01. The summed E-state index contributed by atoms with van der Waals surface area (Å²) in [5.74, 6) is -3.93. The first-order valence-electron chi connectivity index (χ1n) is 8.89. The van der Waals surface area contributed by atoms with Gasteiger partial charge in [-0.15, -0.1) is 0 Å². The number of amides is 2. The number of carboxylic acid groups (broad SMARTS) is 1. The Hall–Kier alpha value is -2.83. The Morgan fingerprint density at radius 2 is 1.52 bits per heavy atom. The van der Waals surface area contributed by atoms with Crippen LogP contribution in [0.25, 0.3) is 0 Å². The summed E-state index contributed by atoms with van der Waals surface area (Å²) < 4.78 is 0. The fraction of sp³-hybridized carbons (Fsp3) is 0.190. The summed E-state index contributed by atoms with van der Waals surface area (Å²) in [7, 11) is 0. The zero-order valence-electron chi connectivity index (χ0n) is 15.2. The summed E-state index contributed by atoms with van der Waals surface area (Å²) in [6.45, 7) is 0. The number of carbonyl (C=O) groups is 3. The van der Waals surface area contributed by atoms with E-state index in [4.69, 9.17) is 23.2 Å². The first-order chi connectivity index (χ1) is 13.9. The first-order valence-corrected chi connectivity index (χ1v) is 9.65. The molecule has 0 fully saturated rings. The molecule has 0 aliphatic heterocycles. The van der Waals surface area contributed by atoms with Crippen LogP contribution in [-0.2, 0) is 9.59 Å². The molecule has 0 saturated heterocycles. The number of benzene rings is 2. The fourth-order valence-corrected chi connectivity index (χ4v) is 3.52. The predicted molar refractivity (Wildman–Crippen MR) is 110 cm³/mol. The quantitative estimate of drug-likeness (QED) is 0.707. The molecule has 2 aromatic carbocycles. The molecule has 0 radical (unpaired) electrons. The molecule has 0 bridgehead atoms. The number of anilines is 2. The second-order valence-corrected chi connectivity index (χ2v) is 7.35. The van der Waals surface area contributed by atoms with Gasteiger partial charge in [-0.25, -0.2) is 0 Å². The summed E-state index contributed by atoms with van der Waals surface area (Å²) in [4.78, 5) is 36.8. The van der Waals surface area contributed by atoms with E-state index >= 15 is 0 Å². The van der Waals surface area contributed by atoms with Gasteiger partial charge in [-0.2, -0.15) is 0 Å². The third-order valence-corrected chi connectivity index (χ3v) is 5.52. The Kier molecular flexibility index (Phi) is 6.56. The van der Waals surface area contributed by atoms with Crippen LogP contribution in [0.4, 0.5) is 11.4 Å². The lowest BCUT2D eigenvalue weighted by Gasteiger charge is -2.28. The minimum atomic E-state index is -1.27. The Balaban J connectivity index is 1.80. The second-order valence-electron chi connectivity index (χ2n) is 6.57. The van der Waals surface area contributed by atoms with Crippen molar-refractivity contribution in [2.24, 2.45) is 11.8 Å². The zero-order valence-corrected chi connectivity index (χ0v) is 16.7. The van der Waals surface area contributed by atoms with Crippen molar-refractivity contribution in [2.45, 2.75) is 12.8 Å². The number of para-hydroxylation sites is 1. The Morgan fingerprint density at radius 3 is 2.24 bits per heavy atom. The van der Waals surface area contributed by atoms with Crippen molar-refractivity contribution in [3.63, 3.8) is 0 Å². The van der Waals surface area contributed by atoms with Crippen LogP contribution in [0.2, 0.25) is 10.0 Å². The highest BCUT2D eigenvalue weighted by Gasteiger charge is 2.30. The highest BCUT2D eigenvalue weighted by atomic mass is 35.5. The molecular formula is C21H17Cl2N2O4-. The van der Waals surface area contributed by atoms with Crippen molar-refractivity contribution < 1.29 is 19.5 Å². The minimum Gasteiger partial charge on any atom is -0.550 e. The maximum Gasteiger partial charge on any atom is 0.257 e. The van der Waals surface area contributed by atoms with E-state index in [-0.39, 0.29) is 29.1 Å². The number of nitrogens with one attached hydrogen (secondary N) is 2. The molecule has 0 spiro atoms. The maximum atomic E-state index is 12.7. The van der Waals surface area contributed by atoms with Gasteiger partial charge in [0.25, 0.3) is 5.91 Å². The molecular weight excluding hydrogens is 415 g/mol. The normalized spacial score (nSPS) is 18.1. The summed E-state index contributed by atoms with van der Waals surface area (Å²) in [5, 5.41) is 17.2. The van der Waals surface area contributed by atoms with Crippen LogP contribution in [-0.4, -0.2) is 17.8 Å². The lowest BCUT2D eigenvalue weighted by molar-refractivity contribution is -0.313. The molecule has 2 amide bonds. The minimum absolute atomic E-state index is 0.202. The summed E-state index contributed by atoms with van der Waals surface area (Å²) in [6, 6.07) is 11.3. The van der Waals surface area contributed by atoms with Gasteiger partial charge in [0.05, 0.1) is 32.9 Å². The molecule has 2 N–H and O–H groups in total. The van der Waals surface area contributed by atoms with E-state index in [1.54, 1.807) is 54.6 Å². The predicted octanol–water partition coefficient (Wildman–Crippen LogP) is 3.52. The third kappa shape index (κ3) is 4.78. The van der Waals surface area contributed by atoms with Crippen molar-refractivity contribution in [3.8, 4) is 0 Å². The SMILES string of the molecule is O=C(Nc1cccc(Cl)c1Cl)c1ccccc1NC(=O)[C@H]1CC=CC[C@H]1C(=O)[O-]. The van der Waals surface area contributed by atoms with E-state index < -0.39 is 29.6 Å². The van der Waals surface area contributed by atoms with E-state index in [0.29, 0.717) is 10.7 Å². The zero-order chi connectivity index (χ0) is 21.0. The number of hydrogen-bond acceptors (Lipinski definition) is 4. The molecule has 0 aromatic heterocycles. The number of hydrogen-bond donors (Lipinski definition) is 2. The van der Waals surface area contributed by atoms with Gasteiger partial charge in [-0.1, -0.05) is 53.6 Å². The van der Waals surface area contributed by atoms with Crippen LogP contribution in [0, 0.1) is 11.8 Å². The van der Waals surface area contributed by atoms with Gasteiger partial charge in [0.1, 0.15) is 0 Å². The average molecular weight is 432 g/mol. The van der Waals surface area contributed by atoms with Crippen molar-refractivity contribution >= 4 is 52.4 Å². The van der Waals surface area contributed by atoms with Crippen molar-refractivity contribution in [3.05, 3.63) is 70.2 Å². The van der Waals surface area contributed by atoms with Gasteiger partial charge in [-0.05, 0) is 37.1 Å². The topological polar surface area (TPSA) is 98.3 Å². The third-order valence-electron chi connectivity index (χ3n) is 4.70. The Morgan fingerprint density at radius 1 is 0.862 bits per heavy atom. The van der Waals surface area contributed by atoms with Crippen molar-refractivity contribution in [2.75, 3.05) is 10.6 Å². The molecule has 0 saturated carbocycles. The van der Waals surface area contributed by atoms with E-state index in [1.807, 2.05) is 0 Å². The molecule has 2 atom stereocenters. The van der Waals surface area contributed by atoms with Gasteiger partial charge >= 0.3 is 0 Å². The van der Waals surface area contributed by atoms with Crippen molar-refractivity contribution in [1.82, 2.24) is 0 Å². The molecule has 8 heteroatoms. The Bertz CT molecular complexity index is 990. The molecule has 150 valence electrons. The monoisotopic (exact) mass is 431 g/mol. The number of carboxylic acids is 1. The second kappa shape index (κ2) is 9.11. The molecule has 0 heterocycles. The highest BCUT2D eigenvalue weighted by Crippen LogP contribution is 2.31. The van der Waals surface area contributed by atoms with E-state index in [2.05, 4.69) is 10.6 Å². The number of aliphatic carboxylic acids is 1. The molecule has 6 nitrogen and oxygen atoms in total. The first kappa shape index (κ1) is 20.9. The van der Waals surface area contributed by atoms with E-state index in [1.165, 1.54) is 0 Å². The molecule has 29 heavy (non-hydrogen) atoms. The van der Waals surface area contributed by atoms with Crippen LogP contribution < -0.4 is 15.7 Å². The van der Waals surface area contributed by atoms with Gasteiger partial charge in [0, 0.05) is 11.9 Å². The van der Waals surface area contributed by atoms with Gasteiger partial charge in [0.15, 0.2) is 0 Å². The number of carbonyl (C=O) groups excluding carboxylic acids is 3. The smallest absolute Gasteiger partial charge is 0.257 e. The number of rotatable bonds is 5. The summed E-state index contributed by atoms with van der Waals surface area (Å²) >= 11 is 12.1. The van der Waals surface area contributed by atoms with Crippen LogP contribution in [0.15, 0.2) is 54.6 Å². The number of allylic oxidation sites excluding steroid dienone is 2. The van der Waals surface area contributed by atoms with Crippen LogP contribution in [0.5, 0.6) is 0 Å². The van der Waals surface area contributed by atoms with Gasteiger partial charge < -0.3 is 20.5 Å². The van der Waals surface area contributed by atoms with E-state index in [9.17, 15) is 19.5 Å². The molecule has 3 rings (SSSR count). The van der Waals surface area contributed by atoms with Crippen LogP contribution in [0.3, 0.4) is 0 Å². The fourth-order valence-electron chi connectivity index (χ4n) is 3.17. The van der Waals surface area contributed by atoms with Crippen molar-refractivity contribution in [1.29, 1.82) is 0 Å². The highest BCUT2D eigenvalue weighted by molar-refractivity contribution is 6.44. The Labute approximate surface area is 177 Å². The molecule has 2 aromatic rings. The largest absolute Gasteiger partial charge is 0.550 e. The maximum absolute atomic E-state index is 12.7. The van der Waals surface area contributed by atoms with Crippen LogP contribution >= 0.6 is 23.2 Å². The molecule has 1 aliphatic rings. The van der Waals surface area contributed by atoms with Crippen LogP contribution in [0.1, 0.15) is 23.2 Å². The summed E-state index contributed by atoms with van der Waals surface area (Å²) in [5.41, 5.74) is 0.799.